The van der Waals surface area contributed by atoms with E-state index < -0.39 is 0 Å². The minimum absolute atomic E-state index is 0.298. The number of likely N-dealkylation sites (N-methyl/N-ethyl adjacent to an activating group) is 1. The molecule has 3 rings (SSSR count). The van der Waals surface area contributed by atoms with Crippen molar-refractivity contribution in [3.63, 3.8) is 0 Å². The average molecular weight is 330 g/mol. The normalized spacial score (nSPS) is 23.4. The zero-order valence-corrected chi connectivity index (χ0v) is 14.8. The molecule has 132 valence electrons. The molecule has 0 saturated carbocycles. The molecule has 2 aliphatic rings. The van der Waals surface area contributed by atoms with Gasteiger partial charge in [-0.2, -0.15) is 0 Å². The molecule has 1 N–H and O–H groups in total. The summed E-state index contributed by atoms with van der Waals surface area (Å²) in [6.07, 6.45) is 2.29. The fraction of sp³-hybridized carbons (Fsp3) is 0.632. The fourth-order valence-corrected chi connectivity index (χ4v) is 3.68. The number of nitrogens with one attached hydrogen (secondary N) is 1. The number of piperazine rings is 1. The summed E-state index contributed by atoms with van der Waals surface area (Å²) in [4.78, 5) is 19.4. The summed E-state index contributed by atoms with van der Waals surface area (Å²) in [5.74, 6) is 0.298. The second kappa shape index (κ2) is 8.60. The predicted octanol–water partition coefficient (Wildman–Crippen LogP) is 1.01. The van der Waals surface area contributed by atoms with Crippen LogP contribution in [0, 0.1) is 0 Å². The lowest BCUT2D eigenvalue weighted by molar-refractivity contribution is -0.134. The first-order chi connectivity index (χ1) is 11.7. The van der Waals surface area contributed by atoms with Crippen LogP contribution in [0.25, 0.3) is 0 Å². The lowest BCUT2D eigenvalue weighted by atomic mass is 10.1. The van der Waals surface area contributed by atoms with Crippen LogP contribution >= 0.6 is 0 Å². The van der Waals surface area contributed by atoms with Crippen LogP contribution in [-0.4, -0.2) is 79.5 Å². The first-order valence-corrected chi connectivity index (χ1v) is 9.18. The number of hydrogen-bond acceptors (Lipinski definition) is 4. The molecule has 1 aromatic carbocycles. The van der Waals surface area contributed by atoms with Crippen molar-refractivity contribution in [2.24, 2.45) is 0 Å². The van der Waals surface area contributed by atoms with E-state index in [-0.39, 0.29) is 0 Å². The number of amides is 1. The van der Waals surface area contributed by atoms with E-state index in [1.54, 1.807) is 0 Å². The van der Waals surface area contributed by atoms with E-state index >= 15 is 0 Å². The Balaban J connectivity index is 1.41. The van der Waals surface area contributed by atoms with E-state index in [4.69, 9.17) is 0 Å². The summed E-state index contributed by atoms with van der Waals surface area (Å²) in [6.45, 7) is 7.44. The van der Waals surface area contributed by atoms with Gasteiger partial charge >= 0.3 is 0 Å². The molecule has 24 heavy (non-hydrogen) atoms. The number of carbonyl (C=O) groups excluding carboxylic acids is 1. The highest BCUT2D eigenvalue weighted by molar-refractivity contribution is 5.78. The first kappa shape index (κ1) is 17.4. The molecule has 0 aromatic heterocycles. The summed E-state index contributed by atoms with van der Waals surface area (Å²) in [6, 6.07) is 11.1. The van der Waals surface area contributed by atoms with Gasteiger partial charge in [0, 0.05) is 51.9 Å². The summed E-state index contributed by atoms with van der Waals surface area (Å²) < 4.78 is 0. The quantitative estimate of drug-likeness (QED) is 0.875. The molecule has 2 heterocycles. The van der Waals surface area contributed by atoms with Crippen molar-refractivity contribution >= 4 is 5.91 Å². The van der Waals surface area contributed by atoms with E-state index in [0.29, 0.717) is 18.5 Å². The smallest absolute Gasteiger partial charge is 0.236 e. The monoisotopic (exact) mass is 330 g/mol. The number of rotatable bonds is 5. The van der Waals surface area contributed by atoms with Gasteiger partial charge in [-0.15, -0.1) is 0 Å². The number of nitrogens with zero attached hydrogens (tertiary/aromatic N) is 3. The molecule has 2 fully saturated rings. The van der Waals surface area contributed by atoms with Crippen molar-refractivity contribution in [3.05, 3.63) is 35.9 Å². The molecular weight excluding hydrogens is 300 g/mol. The number of benzene rings is 1. The summed E-state index contributed by atoms with van der Waals surface area (Å²) in [7, 11) is 1.99. The lowest BCUT2D eigenvalue weighted by Crippen LogP contribution is -2.52. The minimum Gasteiger partial charge on any atom is -0.340 e. The minimum atomic E-state index is 0.298. The zero-order valence-electron chi connectivity index (χ0n) is 14.8. The van der Waals surface area contributed by atoms with Crippen molar-refractivity contribution < 1.29 is 4.79 Å². The Morgan fingerprint density at radius 3 is 2.50 bits per heavy atom. The maximum atomic E-state index is 12.5. The Bertz CT molecular complexity index is 513. The van der Waals surface area contributed by atoms with Crippen molar-refractivity contribution in [2.75, 3.05) is 52.9 Å². The van der Waals surface area contributed by atoms with Gasteiger partial charge in [-0.05, 0) is 25.5 Å². The molecule has 0 radical (unpaired) electrons. The molecule has 1 atom stereocenters. The fourth-order valence-electron chi connectivity index (χ4n) is 3.68. The van der Waals surface area contributed by atoms with Gasteiger partial charge in [-0.1, -0.05) is 30.3 Å². The second-order valence-electron chi connectivity index (χ2n) is 7.01. The van der Waals surface area contributed by atoms with E-state index in [1.807, 2.05) is 11.9 Å². The van der Waals surface area contributed by atoms with Gasteiger partial charge in [0.25, 0.3) is 0 Å². The van der Waals surface area contributed by atoms with Crippen LogP contribution in [0.3, 0.4) is 0 Å². The van der Waals surface area contributed by atoms with Crippen LogP contribution < -0.4 is 5.32 Å². The van der Waals surface area contributed by atoms with Crippen LogP contribution in [0.15, 0.2) is 30.3 Å². The maximum Gasteiger partial charge on any atom is 0.236 e. The Kier molecular flexibility index (Phi) is 6.24. The summed E-state index contributed by atoms with van der Waals surface area (Å²) in [5, 5.41) is 3.31. The number of hydrogen-bond donors (Lipinski definition) is 1. The van der Waals surface area contributed by atoms with E-state index in [0.717, 1.165) is 52.2 Å². The van der Waals surface area contributed by atoms with Gasteiger partial charge in [0.15, 0.2) is 0 Å². The first-order valence-electron chi connectivity index (χ1n) is 9.18. The van der Waals surface area contributed by atoms with E-state index in [9.17, 15) is 4.79 Å². The number of piperidine rings is 1. The number of carbonyl (C=O) groups is 1. The largest absolute Gasteiger partial charge is 0.340 e. The third-order valence-electron chi connectivity index (χ3n) is 5.26. The maximum absolute atomic E-state index is 12.5. The third-order valence-corrected chi connectivity index (χ3v) is 5.26. The summed E-state index contributed by atoms with van der Waals surface area (Å²) in [5.41, 5.74) is 1.37. The topological polar surface area (TPSA) is 38.8 Å². The number of likely N-dealkylation sites (tertiary alicyclic amines) is 1. The predicted molar refractivity (Wildman–Crippen MR) is 96.8 cm³/mol. The van der Waals surface area contributed by atoms with E-state index in [1.165, 1.54) is 12.0 Å². The van der Waals surface area contributed by atoms with Crippen LogP contribution in [0.1, 0.15) is 18.4 Å². The Labute approximate surface area is 145 Å². The van der Waals surface area contributed by atoms with Crippen molar-refractivity contribution in [1.82, 2.24) is 20.0 Å². The van der Waals surface area contributed by atoms with Crippen LogP contribution in [0.2, 0.25) is 0 Å². The highest BCUT2D eigenvalue weighted by Gasteiger charge is 2.25. The van der Waals surface area contributed by atoms with Crippen molar-refractivity contribution in [2.45, 2.75) is 25.4 Å². The molecule has 5 nitrogen and oxygen atoms in total. The second-order valence-corrected chi connectivity index (χ2v) is 7.01. The van der Waals surface area contributed by atoms with Gasteiger partial charge in [0.1, 0.15) is 0 Å². The van der Waals surface area contributed by atoms with Crippen LogP contribution in [0.5, 0.6) is 0 Å². The Morgan fingerprint density at radius 1 is 1.08 bits per heavy atom. The van der Waals surface area contributed by atoms with Crippen molar-refractivity contribution in [3.8, 4) is 0 Å². The zero-order chi connectivity index (χ0) is 16.8. The van der Waals surface area contributed by atoms with Gasteiger partial charge in [0.05, 0.1) is 6.54 Å². The van der Waals surface area contributed by atoms with Gasteiger partial charge in [-0.3, -0.25) is 14.6 Å². The highest BCUT2D eigenvalue weighted by atomic mass is 16.2. The molecule has 2 aliphatic heterocycles. The molecule has 1 amide bonds. The molecule has 1 unspecified atom stereocenters. The highest BCUT2D eigenvalue weighted by Crippen LogP contribution is 2.12. The van der Waals surface area contributed by atoms with Crippen LogP contribution in [-0.2, 0) is 11.3 Å². The standard InChI is InChI=1S/C19H30N4O/c1-20-18-8-5-9-23(15-18)19(24)16-22-12-10-21(11-13-22)14-17-6-3-2-4-7-17/h2-4,6-7,18,20H,5,8-16H2,1H3. The summed E-state index contributed by atoms with van der Waals surface area (Å²) >= 11 is 0. The molecule has 0 spiro atoms. The van der Waals surface area contributed by atoms with Gasteiger partial charge in [0.2, 0.25) is 5.91 Å². The Morgan fingerprint density at radius 2 is 1.79 bits per heavy atom. The van der Waals surface area contributed by atoms with Gasteiger partial charge < -0.3 is 10.2 Å². The molecule has 5 heteroatoms. The molecule has 2 saturated heterocycles. The molecule has 0 bridgehead atoms. The van der Waals surface area contributed by atoms with Gasteiger partial charge in [-0.25, -0.2) is 0 Å². The molecule has 0 aliphatic carbocycles. The molecule has 1 aromatic rings. The van der Waals surface area contributed by atoms with E-state index in [2.05, 4.69) is 45.4 Å². The van der Waals surface area contributed by atoms with Crippen LogP contribution in [0.4, 0.5) is 0 Å². The van der Waals surface area contributed by atoms with Crippen molar-refractivity contribution in [1.29, 1.82) is 0 Å². The average Bonchev–Trinajstić information content (AvgIpc) is 2.64. The lowest BCUT2D eigenvalue weighted by Gasteiger charge is -2.37. The molecular formula is C19H30N4O. The third kappa shape index (κ3) is 4.79. The SMILES string of the molecule is CNC1CCCN(C(=O)CN2CCN(Cc3ccccc3)CC2)C1. The Hall–Kier alpha value is -1.43.